The van der Waals surface area contributed by atoms with Crippen LogP contribution in [0.25, 0.3) is 0 Å². The summed E-state index contributed by atoms with van der Waals surface area (Å²) in [4.78, 5) is 5.64. The van der Waals surface area contributed by atoms with Crippen LogP contribution in [0.4, 0.5) is 0 Å². The van der Waals surface area contributed by atoms with E-state index in [-0.39, 0.29) is 6.10 Å². The first kappa shape index (κ1) is 11.0. The molecule has 3 nitrogen and oxygen atoms in total. The lowest BCUT2D eigenvalue weighted by atomic mass is 9.95. The molecule has 0 aliphatic heterocycles. The normalized spacial score (nSPS) is 19.3. The zero-order valence-electron chi connectivity index (χ0n) is 9.89. The third kappa shape index (κ3) is 2.03. The van der Waals surface area contributed by atoms with Crippen molar-refractivity contribution in [3.8, 4) is 0 Å². The van der Waals surface area contributed by atoms with Crippen LogP contribution in [0.5, 0.6) is 0 Å². The average molecular weight is 248 g/mol. The molecule has 0 aromatic carbocycles. The van der Waals surface area contributed by atoms with Crippen LogP contribution in [0.15, 0.2) is 18.5 Å². The van der Waals surface area contributed by atoms with Crippen molar-refractivity contribution >= 4 is 11.3 Å². The van der Waals surface area contributed by atoms with Gasteiger partial charge >= 0.3 is 0 Å². The van der Waals surface area contributed by atoms with E-state index < -0.39 is 0 Å². The summed E-state index contributed by atoms with van der Waals surface area (Å²) in [6.45, 7) is 2.91. The third-order valence-electron chi connectivity index (χ3n) is 3.34. The minimum absolute atomic E-state index is 0.266. The second-order valence-corrected chi connectivity index (χ2v) is 5.94. The van der Waals surface area contributed by atoms with Crippen LogP contribution in [-0.4, -0.2) is 14.7 Å². The smallest absolute Gasteiger partial charge is 0.113 e. The molecule has 90 valence electrons. The number of hydrogen-bond acceptors (Lipinski definition) is 3. The van der Waals surface area contributed by atoms with Gasteiger partial charge in [0, 0.05) is 28.5 Å². The first-order valence-electron chi connectivity index (χ1n) is 6.01. The monoisotopic (exact) mass is 248 g/mol. The number of aromatic nitrogens is 2. The molecule has 1 atom stereocenters. The van der Waals surface area contributed by atoms with Crippen molar-refractivity contribution in [2.45, 2.75) is 38.8 Å². The van der Waals surface area contributed by atoms with Crippen LogP contribution in [0.2, 0.25) is 0 Å². The van der Waals surface area contributed by atoms with E-state index in [1.807, 2.05) is 6.20 Å². The molecule has 2 heterocycles. The lowest BCUT2D eigenvalue weighted by molar-refractivity contribution is 0.156. The maximum atomic E-state index is 9.92. The van der Waals surface area contributed by atoms with Crippen molar-refractivity contribution in [3.05, 3.63) is 39.6 Å². The van der Waals surface area contributed by atoms with Crippen LogP contribution in [0.1, 0.15) is 40.1 Å². The highest BCUT2D eigenvalue weighted by Crippen LogP contribution is 2.30. The van der Waals surface area contributed by atoms with Crippen LogP contribution >= 0.6 is 11.3 Å². The Morgan fingerprint density at radius 1 is 1.59 bits per heavy atom. The molecule has 0 bridgehead atoms. The van der Waals surface area contributed by atoms with Gasteiger partial charge in [0.1, 0.15) is 5.01 Å². The predicted octanol–water partition coefficient (Wildman–Crippen LogP) is 2.67. The van der Waals surface area contributed by atoms with E-state index in [9.17, 15) is 5.11 Å². The lowest BCUT2D eigenvalue weighted by Crippen LogP contribution is -2.12. The fourth-order valence-corrected chi connectivity index (χ4v) is 3.29. The number of aryl methyl sites for hydroxylation is 1. The van der Waals surface area contributed by atoms with E-state index in [0.29, 0.717) is 0 Å². The molecule has 2 aromatic heterocycles. The quantitative estimate of drug-likeness (QED) is 0.887. The predicted molar refractivity (Wildman–Crippen MR) is 68.3 cm³/mol. The second kappa shape index (κ2) is 4.27. The molecule has 3 rings (SSSR count). The highest BCUT2D eigenvalue weighted by molar-refractivity contribution is 7.11. The van der Waals surface area contributed by atoms with E-state index in [2.05, 4.69) is 28.7 Å². The van der Waals surface area contributed by atoms with Crippen molar-refractivity contribution in [1.29, 1.82) is 0 Å². The number of fused-ring (bicyclic) bond motifs is 1. The van der Waals surface area contributed by atoms with Gasteiger partial charge in [-0.1, -0.05) is 0 Å². The molecule has 1 unspecified atom stereocenters. The van der Waals surface area contributed by atoms with Crippen molar-refractivity contribution in [1.82, 2.24) is 9.55 Å². The Kier molecular flexibility index (Phi) is 2.76. The Hall–Kier alpha value is -1.13. The van der Waals surface area contributed by atoms with Gasteiger partial charge in [-0.25, -0.2) is 4.98 Å². The Morgan fingerprint density at radius 2 is 2.47 bits per heavy atom. The third-order valence-corrected chi connectivity index (χ3v) is 4.24. The maximum Gasteiger partial charge on any atom is 0.113 e. The van der Waals surface area contributed by atoms with Gasteiger partial charge in [0.2, 0.25) is 0 Å². The van der Waals surface area contributed by atoms with E-state index >= 15 is 0 Å². The number of aliphatic hydroxyl groups excluding tert-OH is 1. The topological polar surface area (TPSA) is 38.0 Å². The molecule has 2 aromatic rings. The standard InChI is InChI=1S/C13H16N2OS/c1-9-7-14-13(17-9)8-15-6-5-10-11(15)3-2-4-12(10)16/h5-7,12,16H,2-4,8H2,1H3. The van der Waals surface area contributed by atoms with Crippen molar-refractivity contribution < 1.29 is 5.11 Å². The van der Waals surface area contributed by atoms with Gasteiger partial charge in [0.25, 0.3) is 0 Å². The number of aliphatic hydroxyl groups is 1. The van der Waals surface area contributed by atoms with Gasteiger partial charge < -0.3 is 9.67 Å². The van der Waals surface area contributed by atoms with Gasteiger partial charge in [0.15, 0.2) is 0 Å². The summed E-state index contributed by atoms with van der Waals surface area (Å²) in [5.74, 6) is 0. The fraction of sp³-hybridized carbons (Fsp3) is 0.462. The maximum absolute atomic E-state index is 9.92. The number of hydrogen-bond donors (Lipinski definition) is 1. The molecule has 17 heavy (non-hydrogen) atoms. The van der Waals surface area contributed by atoms with Crippen molar-refractivity contribution in [2.75, 3.05) is 0 Å². The Labute approximate surface area is 105 Å². The largest absolute Gasteiger partial charge is 0.388 e. The fourth-order valence-electron chi connectivity index (χ4n) is 2.50. The molecular weight excluding hydrogens is 232 g/mol. The van der Waals surface area contributed by atoms with E-state index in [1.54, 1.807) is 11.3 Å². The van der Waals surface area contributed by atoms with Gasteiger partial charge in [-0.3, -0.25) is 0 Å². The van der Waals surface area contributed by atoms with Crippen LogP contribution < -0.4 is 0 Å². The van der Waals surface area contributed by atoms with Gasteiger partial charge in [-0.2, -0.15) is 0 Å². The van der Waals surface area contributed by atoms with Gasteiger partial charge in [-0.05, 0) is 32.3 Å². The summed E-state index contributed by atoms with van der Waals surface area (Å²) in [6, 6.07) is 2.06. The van der Waals surface area contributed by atoms with Crippen LogP contribution in [-0.2, 0) is 13.0 Å². The molecule has 0 saturated carbocycles. The summed E-state index contributed by atoms with van der Waals surface area (Å²) in [6.07, 6.45) is 6.78. The molecule has 0 spiro atoms. The summed E-state index contributed by atoms with van der Waals surface area (Å²) in [5.41, 5.74) is 2.40. The van der Waals surface area contributed by atoms with E-state index in [0.717, 1.165) is 36.4 Å². The molecule has 0 fully saturated rings. The molecule has 0 radical (unpaired) electrons. The molecule has 0 amide bonds. The second-order valence-electron chi connectivity index (χ2n) is 4.62. The summed E-state index contributed by atoms with van der Waals surface area (Å²) in [5, 5.41) is 11.1. The summed E-state index contributed by atoms with van der Waals surface area (Å²) >= 11 is 1.74. The minimum Gasteiger partial charge on any atom is -0.388 e. The minimum atomic E-state index is -0.266. The van der Waals surface area contributed by atoms with Crippen LogP contribution in [0, 0.1) is 6.92 Å². The number of rotatable bonds is 2. The highest BCUT2D eigenvalue weighted by atomic mass is 32.1. The molecule has 4 heteroatoms. The average Bonchev–Trinajstić information content (AvgIpc) is 2.88. The summed E-state index contributed by atoms with van der Waals surface area (Å²) < 4.78 is 2.23. The van der Waals surface area contributed by atoms with Crippen molar-refractivity contribution in [3.63, 3.8) is 0 Å². The van der Waals surface area contributed by atoms with E-state index in [1.165, 1.54) is 10.6 Å². The molecule has 1 N–H and O–H groups in total. The first-order valence-corrected chi connectivity index (χ1v) is 6.83. The summed E-state index contributed by atoms with van der Waals surface area (Å²) in [7, 11) is 0. The van der Waals surface area contributed by atoms with Crippen LogP contribution in [0.3, 0.4) is 0 Å². The first-order chi connectivity index (χ1) is 8.24. The molecule has 1 aliphatic carbocycles. The Morgan fingerprint density at radius 3 is 3.24 bits per heavy atom. The highest BCUT2D eigenvalue weighted by Gasteiger charge is 2.21. The number of thiazole rings is 1. The molecular formula is C13H16N2OS. The zero-order chi connectivity index (χ0) is 11.8. The van der Waals surface area contributed by atoms with Crippen molar-refractivity contribution in [2.24, 2.45) is 0 Å². The Balaban J connectivity index is 1.89. The molecule has 1 aliphatic rings. The Bertz CT molecular complexity index is 529. The molecule has 0 saturated heterocycles. The zero-order valence-corrected chi connectivity index (χ0v) is 10.7. The van der Waals surface area contributed by atoms with Gasteiger partial charge in [-0.15, -0.1) is 11.3 Å². The van der Waals surface area contributed by atoms with E-state index in [4.69, 9.17) is 0 Å². The lowest BCUT2D eigenvalue weighted by Gasteiger charge is -2.19. The SMILES string of the molecule is Cc1cnc(Cn2ccc3c2CCCC3O)s1. The number of nitrogens with zero attached hydrogens (tertiary/aromatic N) is 2. The van der Waals surface area contributed by atoms with Gasteiger partial charge in [0.05, 0.1) is 12.6 Å².